The highest BCUT2D eigenvalue weighted by Gasteiger charge is 2.33. The Hall–Kier alpha value is -5.72. The summed E-state index contributed by atoms with van der Waals surface area (Å²) in [4.78, 5) is 78.6. The van der Waals surface area contributed by atoms with E-state index in [9.17, 15) is 33.9 Å². The number of esters is 1. The number of aryl methyl sites for hydroxylation is 1. The summed E-state index contributed by atoms with van der Waals surface area (Å²) in [6.07, 6.45) is -0.367. The van der Waals surface area contributed by atoms with E-state index < -0.39 is 29.3 Å². The van der Waals surface area contributed by atoms with E-state index in [4.69, 9.17) is 4.74 Å². The minimum atomic E-state index is -1.12. The van der Waals surface area contributed by atoms with Crippen LogP contribution >= 0.6 is 0 Å². The number of benzene rings is 3. The summed E-state index contributed by atoms with van der Waals surface area (Å²) < 4.78 is 5.00. The Kier molecular flexibility index (Phi) is 11.7. The molecule has 0 atom stereocenters. The molecule has 0 saturated carbocycles. The van der Waals surface area contributed by atoms with Gasteiger partial charge in [-0.3, -0.25) is 24.0 Å². The van der Waals surface area contributed by atoms with Gasteiger partial charge in [-0.2, -0.15) is 0 Å². The van der Waals surface area contributed by atoms with Gasteiger partial charge in [0.2, 0.25) is 5.91 Å². The summed E-state index contributed by atoms with van der Waals surface area (Å²) in [5.41, 5.74) is 2.66. The number of aliphatic carboxylic acids is 1. The third kappa shape index (κ3) is 9.66. The normalized spacial score (nSPS) is 12.9. The van der Waals surface area contributed by atoms with Gasteiger partial charge >= 0.3 is 18.0 Å². The van der Waals surface area contributed by atoms with Crippen LogP contribution in [-0.4, -0.2) is 77.4 Å². The summed E-state index contributed by atoms with van der Waals surface area (Å²) in [6, 6.07) is 18.7. The second-order valence-corrected chi connectivity index (χ2v) is 12.1. The number of carboxylic acids is 1. The highest BCUT2D eigenvalue weighted by atomic mass is 16.5. The van der Waals surface area contributed by atoms with Crippen molar-refractivity contribution in [1.29, 1.82) is 0 Å². The molecule has 3 aromatic rings. The number of fused-ring (bicyclic) bond motifs is 1. The second kappa shape index (κ2) is 15.9. The van der Waals surface area contributed by atoms with Crippen molar-refractivity contribution >= 4 is 58.3 Å². The first-order valence-electron chi connectivity index (χ1n) is 15.9. The van der Waals surface area contributed by atoms with E-state index >= 15 is 0 Å². The quantitative estimate of drug-likeness (QED) is 0.175. The summed E-state index contributed by atoms with van der Waals surface area (Å²) in [7, 11) is 0. The smallest absolute Gasteiger partial charge is 0.323 e. The maximum atomic E-state index is 13.6. The van der Waals surface area contributed by atoms with Crippen molar-refractivity contribution in [2.45, 2.75) is 52.5 Å². The molecule has 1 aliphatic heterocycles. The zero-order valence-electron chi connectivity index (χ0n) is 28.0. The predicted molar refractivity (Wildman–Crippen MR) is 185 cm³/mol. The van der Waals surface area contributed by atoms with Crippen LogP contribution in [0.1, 0.15) is 55.1 Å². The van der Waals surface area contributed by atoms with Crippen LogP contribution in [0.5, 0.6) is 0 Å². The van der Waals surface area contributed by atoms with Crippen molar-refractivity contribution in [3.8, 4) is 0 Å². The van der Waals surface area contributed by atoms with E-state index in [1.54, 1.807) is 57.2 Å². The molecular formula is C36H41N5O8. The van der Waals surface area contributed by atoms with Crippen molar-refractivity contribution in [1.82, 2.24) is 4.90 Å². The first-order valence-corrected chi connectivity index (χ1v) is 15.9. The van der Waals surface area contributed by atoms with Crippen LogP contribution in [0.15, 0.2) is 66.7 Å². The minimum Gasteiger partial charge on any atom is -0.481 e. The highest BCUT2D eigenvalue weighted by Crippen LogP contribution is 2.31. The van der Waals surface area contributed by atoms with E-state index in [2.05, 4.69) is 16.0 Å². The van der Waals surface area contributed by atoms with E-state index in [0.29, 0.717) is 17.1 Å². The lowest BCUT2D eigenvalue weighted by atomic mass is 9.93. The minimum absolute atomic E-state index is 0.0346. The Morgan fingerprint density at radius 2 is 1.59 bits per heavy atom. The maximum Gasteiger partial charge on any atom is 0.323 e. The number of urea groups is 1. The largest absolute Gasteiger partial charge is 0.481 e. The zero-order valence-corrected chi connectivity index (χ0v) is 28.0. The van der Waals surface area contributed by atoms with E-state index in [1.807, 2.05) is 31.2 Å². The molecule has 13 nitrogen and oxygen atoms in total. The van der Waals surface area contributed by atoms with Crippen LogP contribution in [0.4, 0.5) is 27.5 Å². The third-order valence-corrected chi connectivity index (χ3v) is 8.00. The fourth-order valence-electron chi connectivity index (χ4n) is 5.28. The average molecular weight is 672 g/mol. The number of hydrogen-bond acceptors (Lipinski definition) is 8. The molecule has 3 aromatic carbocycles. The molecule has 1 aliphatic rings. The fourth-order valence-corrected chi connectivity index (χ4v) is 5.28. The number of hydrogen-bond donors (Lipinski definition) is 4. The fraction of sp³-hybridized carbons (Fsp3) is 0.333. The number of carbonyl (C=O) groups excluding carboxylic acids is 5. The molecule has 49 heavy (non-hydrogen) atoms. The molecule has 4 amide bonds. The summed E-state index contributed by atoms with van der Waals surface area (Å²) in [5, 5.41) is 18.0. The standard InChI is InChI=1S/C36H41N5O8/c1-5-49-33(46)17-19-41-29-15-14-26(21-27(29)34(47)40(22-31(41)43)18-16-32(44)45)39-36(3,4)30(42)20-24-10-12-25(13-11-24)37-35(48)38-28-9-7-6-8-23(28)2/h6-15,21,39H,5,16-20,22H2,1-4H3,(H,44,45)(H2,37,38,48). The van der Waals surface area contributed by atoms with Gasteiger partial charge in [-0.05, 0) is 75.2 Å². The van der Waals surface area contributed by atoms with Gasteiger partial charge in [-0.25, -0.2) is 4.79 Å². The van der Waals surface area contributed by atoms with Gasteiger partial charge in [-0.1, -0.05) is 30.3 Å². The number of rotatable bonds is 14. The van der Waals surface area contributed by atoms with Crippen molar-refractivity contribution in [3.05, 3.63) is 83.4 Å². The monoisotopic (exact) mass is 671 g/mol. The molecule has 258 valence electrons. The van der Waals surface area contributed by atoms with Crippen LogP contribution in [0.25, 0.3) is 0 Å². The Labute approximate surface area is 284 Å². The molecule has 0 spiro atoms. The Balaban J connectivity index is 1.47. The Bertz CT molecular complexity index is 1740. The number of amides is 4. The molecule has 0 fully saturated rings. The lowest BCUT2D eigenvalue weighted by molar-refractivity contribution is -0.143. The van der Waals surface area contributed by atoms with Crippen molar-refractivity contribution in [3.63, 3.8) is 0 Å². The van der Waals surface area contributed by atoms with Crippen molar-refractivity contribution in [2.24, 2.45) is 0 Å². The first kappa shape index (κ1) is 36.1. The maximum absolute atomic E-state index is 13.6. The number of nitrogens with zero attached hydrogens (tertiary/aromatic N) is 2. The SMILES string of the molecule is CCOC(=O)CCN1C(=O)CN(CCC(=O)O)C(=O)c2cc(NC(C)(C)C(=O)Cc3ccc(NC(=O)Nc4ccccc4C)cc3)ccc21. The average Bonchev–Trinajstić information content (AvgIpc) is 3.14. The molecule has 0 bridgehead atoms. The molecule has 13 heteroatoms. The highest BCUT2D eigenvalue weighted by molar-refractivity contribution is 6.10. The van der Waals surface area contributed by atoms with Crippen LogP contribution < -0.4 is 20.9 Å². The van der Waals surface area contributed by atoms with Gasteiger partial charge in [0, 0.05) is 36.6 Å². The molecule has 0 radical (unpaired) electrons. The number of Topliss-reactive ketones (excluding diaryl/α,β-unsaturated/α-hetero) is 1. The molecule has 0 saturated heterocycles. The number of nitrogens with one attached hydrogen (secondary N) is 3. The molecular weight excluding hydrogens is 630 g/mol. The molecule has 0 aliphatic carbocycles. The van der Waals surface area contributed by atoms with Crippen LogP contribution in [-0.2, 0) is 30.3 Å². The number of para-hydroxylation sites is 1. The molecule has 0 unspecified atom stereocenters. The molecule has 4 N–H and O–H groups in total. The van der Waals surface area contributed by atoms with Gasteiger partial charge in [0.25, 0.3) is 5.91 Å². The first-order chi connectivity index (χ1) is 23.3. The number of carbonyl (C=O) groups is 6. The third-order valence-electron chi connectivity index (χ3n) is 8.00. The lowest BCUT2D eigenvalue weighted by Crippen LogP contribution is -2.41. The van der Waals surface area contributed by atoms with Gasteiger partial charge in [0.15, 0.2) is 5.78 Å². The van der Waals surface area contributed by atoms with E-state index in [-0.39, 0.29) is 68.6 Å². The summed E-state index contributed by atoms with van der Waals surface area (Å²) in [5.74, 6) is -2.78. The second-order valence-electron chi connectivity index (χ2n) is 12.1. The number of carboxylic acid groups (broad SMARTS) is 1. The van der Waals surface area contributed by atoms with E-state index in [0.717, 1.165) is 11.1 Å². The topological polar surface area (TPSA) is 174 Å². The van der Waals surface area contributed by atoms with Gasteiger partial charge in [0.1, 0.15) is 6.54 Å². The zero-order chi connectivity index (χ0) is 35.7. The summed E-state index contributed by atoms with van der Waals surface area (Å²) in [6.45, 7) is 6.60. The Morgan fingerprint density at radius 3 is 2.27 bits per heavy atom. The summed E-state index contributed by atoms with van der Waals surface area (Å²) >= 11 is 0. The number of ether oxygens (including phenoxy) is 1. The molecule has 1 heterocycles. The van der Waals surface area contributed by atoms with Gasteiger partial charge < -0.3 is 35.6 Å². The number of anilines is 4. The molecule has 0 aromatic heterocycles. The Morgan fingerprint density at radius 1 is 0.898 bits per heavy atom. The van der Waals surface area contributed by atoms with E-state index in [1.165, 1.54) is 15.9 Å². The van der Waals surface area contributed by atoms with Crippen molar-refractivity contribution < 1.29 is 38.6 Å². The lowest BCUT2D eigenvalue weighted by Gasteiger charge is -2.27. The van der Waals surface area contributed by atoms with Gasteiger partial charge in [0.05, 0.1) is 36.2 Å². The molecule has 4 rings (SSSR count). The van der Waals surface area contributed by atoms with Gasteiger partial charge in [-0.15, -0.1) is 0 Å². The van der Waals surface area contributed by atoms with Crippen LogP contribution in [0, 0.1) is 6.92 Å². The van der Waals surface area contributed by atoms with Crippen molar-refractivity contribution in [2.75, 3.05) is 47.1 Å². The predicted octanol–water partition coefficient (Wildman–Crippen LogP) is 4.86. The van der Waals surface area contributed by atoms with Crippen LogP contribution in [0.2, 0.25) is 0 Å². The number of ketones is 1. The van der Waals surface area contributed by atoms with Crippen LogP contribution in [0.3, 0.4) is 0 Å².